The first kappa shape index (κ1) is 70.0. The summed E-state index contributed by atoms with van der Waals surface area (Å²) in [7, 11) is 0. The molecule has 31 heteroatoms. The van der Waals surface area contributed by atoms with Crippen LogP contribution in [0.25, 0.3) is 66.9 Å². The molecule has 0 spiro atoms. The van der Waals surface area contributed by atoms with Crippen LogP contribution in [0.5, 0.6) is 34.9 Å². The standard InChI is InChI=1S/C26H28FN7O3.C24H22FN7O2.C21H20FN7O.ClH/c1-26(2,3)37-25(35)33-13-7-8-16(14-33)34-24-20(23(28)29-15-30-24)21(32-34)18-11-12-19(31-22(18)27)36-17-9-5-4-6-10-17;1-2-19(33)31-12-6-7-15(13-31)32-24-20(23(26)27-14-28-24)21(30-32)17-10-11-18(29-22(17)25)34-16-8-4-3-5-9-16;22-19-15(8-9-16(27-19)30-14-6-2-1-3-7-14)18-17-20(23)25-12-26-21(17)29(28-18)13-5-4-10-24-11-13;/h4-6,9-12,15-16H,7-8,13-14H2,1-3H3,(H2,28,29,30);2-5,8-11,14-15H,1,6-7,12-13H2,(H2,26,27,28);1-3,6-9,12-13,24H,4-5,10-11H2,(H2,23,25,26);1H/t16-;15-;13-;/m000./s1. The third-order valence-corrected chi connectivity index (χ3v) is 16.9. The summed E-state index contributed by atoms with van der Waals surface area (Å²) in [5.74, 6) is 0.326. The fourth-order valence-electron chi connectivity index (χ4n) is 12.3. The lowest BCUT2D eigenvalue weighted by Crippen LogP contribution is -2.43. The first-order chi connectivity index (χ1) is 48.9. The van der Waals surface area contributed by atoms with Crippen LogP contribution in [-0.2, 0) is 9.53 Å². The Bertz CT molecular complexity index is 4990. The van der Waals surface area contributed by atoms with Crippen molar-refractivity contribution in [3.05, 3.63) is 177 Å². The number of carbonyl (C=O) groups is 2. The number of nitrogens with zero attached hydrogens (tertiary/aromatic N) is 17. The maximum atomic E-state index is 15.3. The third-order valence-electron chi connectivity index (χ3n) is 16.9. The summed E-state index contributed by atoms with van der Waals surface area (Å²) in [6.07, 6.45) is 10.1. The normalized spacial score (nSPS) is 16.0. The van der Waals surface area contributed by atoms with Gasteiger partial charge in [0.25, 0.3) is 0 Å². The van der Waals surface area contributed by atoms with E-state index in [1.165, 1.54) is 25.1 Å². The van der Waals surface area contributed by atoms with Crippen molar-refractivity contribution in [1.82, 2.24) is 89.3 Å². The van der Waals surface area contributed by atoms with Gasteiger partial charge in [-0.3, -0.25) is 4.79 Å². The largest absolute Gasteiger partial charge is 0.444 e. The highest BCUT2D eigenvalue weighted by molar-refractivity contribution is 6.00. The molecule has 0 bridgehead atoms. The molecule has 3 aliphatic heterocycles. The summed E-state index contributed by atoms with van der Waals surface area (Å²) in [5.41, 5.74) is 20.9. The molecule has 9 aromatic heterocycles. The molecule has 524 valence electrons. The lowest BCUT2D eigenvalue weighted by Gasteiger charge is -2.34. The Hall–Kier alpha value is -11.9. The lowest BCUT2D eigenvalue weighted by atomic mass is 10.1. The molecule has 3 aliphatic rings. The number of piperidine rings is 3. The van der Waals surface area contributed by atoms with E-state index in [4.69, 9.17) is 46.3 Å². The zero-order valence-electron chi connectivity index (χ0n) is 55.7. The summed E-state index contributed by atoms with van der Waals surface area (Å²) in [6, 6.07) is 36.3. The zero-order chi connectivity index (χ0) is 70.3. The molecule has 0 saturated carbocycles. The van der Waals surface area contributed by atoms with E-state index in [0.717, 1.165) is 51.6 Å². The highest BCUT2D eigenvalue weighted by Crippen LogP contribution is 2.40. The SMILES string of the molecule is C=CC(=O)N1CCC[C@H](n2nc(-c3ccc(Oc4ccccc4)nc3F)c3c(N)ncnc32)C1.CC(C)(C)OC(=O)N1CCC[C@H](n2nc(-c3ccc(Oc4ccccc4)nc3F)c3c(N)ncnc32)C1.Cl.Nc1ncnc2c1c(-c1ccc(Oc3ccccc3)nc1F)nn2[C@H]1CCCNC1. The summed E-state index contributed by atoms with van der Waals surface area (Å²) in [4.78, 5) is 65.6. The number of aromatic nitrogens is 15. The predicted molar refractivity (Wildman–Crippen MR) is 378 cm³/mol. The van der Waals surface area contributed by atoms with Gasteiger partial charge in [-0.25, -0.2) is 48.7 Å². The van der Waals surface area contributed by atoms with Gasteiger partial charge in [-0.05, 0) is 127 Å². The minimum atomic E-state index is -0.762. The quantitative estimate of drug-likeness (QED) is 0.0615. The number of likely N-dealkylation sites (tertiary alicyclic amines) is 2. The Balaban J connectivity index is 0.000000144. The van der Waals surface area contributed by atoms with E-state index >= 15 is 13.2 Å². The first-order valence-electron chi connectivity index (χ1n) is 32.7. The van der Waals surface area contributed by atoms with Gasteiger partial charge in [0.2, 0.25) is 41.4 Å². The second-order valence-electron chi connectivity index (χ2n) is 25.0. The van der Waals surface area contributed by atoms with Gasteiger partial charge < -0.3 is 51.3 Å². The molecule has 15 rings (SSSR count). The zero-order valence-corrected chi connectivity index (χ0v) is 56.5. The lowest BCUT2D eigenvalue weighted by molar-refractivity contribution is -0.127. The molecule has 3 aromatic carbocycles. The number of pyridine rings is 3. The van der Waals surface area contributed by atoms with E-state index in [2.05, 4.69) is 61.9 Å². The van der Waals surface area contributed by atoms with Crippen molar-refractivity contribution in [2.24, 2.45) is 0 Å². The average Bonchev–Trinajstić information content (AvgIpc) is 1.62. The first-order valence-corrected chi connectivity index (χ1v) is 32.7. The number of nitrogens with one attached hydrogen (secondary N) is 1. The summed E-state index contributed by atoms with van der Waals surface area (Å²) in [6.45, 7) is 12.8. The van der Waals surface area contributed by atoms with Gasteiger partial charge >= 0.3 is 6.09 Å². The van der Waals surface area contributed by atoms with Crippen molar-refractivity contribution in [3.63, 3.8) is 0 Å². The number of carbonyl (C=O) groups excluding carboxylic acids is 2. The average molecular weight is 1410 g/mol. The number of amides is 2. The number of halogens is 4. The Kier molecular flexibility index (Phi) is 21.0. The van der Waals surface area contributed by atoms with Crippen LogP contribution in [0.2, 0.25) is 0 Å². The number of nitrogen functional groups attached to an aromatic ring is 3. The van der Waals surface area contributed by atoms with Crippen LogP contribution in [0, 0.1) is 17.8 Å². The van der Waals surface area contributed by atoms with Gasteiger partial charge in [-0.15, -0.1) is 12.4 Å². The summed E-state index contributed by atoms with van der Waals surface area (Å²) >= 11 is 0. The molecule has 7 N–H and O–H groups in total. The third kappa shape index (κ3) is 15.4. The number of benzene rings is 3. The number of rotatable bonds is 13. The number of hydrogen-bond acceptors (Lipinski definition) is 22. The van der Waals surface area contributed by atoms with Crippen LogP contribution < -0.4 is 36.7 Å². The Labute approximate surface area is 588 Å². The smallest absolute Gasteiger partial charge is 0.410 e. The minimum absolute atomic E-state index is 0. The van der Waals surface area contributed by atoms with Crippen LogP contribution in [0.3, 0.4) is 0 Å². The number of nitrogens with two attached hydrogens (primary N) is 3. The molecular weight excluding hydrogens is 1340 g/mol. The number of fused-ring (bicyclic) bond motifs is 3. The van der Waals surface area contributed by atoms with E-state index in [1.807, 2.05) is 80.1 Å². The van der Waals surface area contributed by atoms with Crippen molar-refractivity contribution >= 4 is 75.0 Å². The fraction of sp³-hybridized carbons (Fsp3) is 0.268. The molecule has 3 fully saturated rings. The van der Waals surface area contributed by atoms with Crippen molar-refractivity contribution in [2.45, 2.75) is 83.0 Å². The van der Waals surface area contributed by atoms with Crippen LogP contribution in [0.1, 0.15) is 77.4 Å². The Morgan fingerprint density at radius 1 is 0.510 bits per heavy atom. The van der Waals surface area contributed by atoms with Gasteiger partial charge in [0.05, 0.1) is 51.0 Å². The monoisotopic (exact) mass is 1410 g/mol. The highest BCUT2D eigenvalue weighted by atomic mass is 35.5. The van der Waals surface area contributed by atoms with Crippen molar-refractivity contribution in [3.8, 4) is 68.7 Å². The second kappa shape index (κ2) is 30.7. The highest BCUT2D eigenvalue weighted by Gasteiger charge is 2.34. The molecule has 0 unspecified atom stereocenters. The number of ether oxygens (including phenoxy) is 4. The van der Waals surface area contributed by atoms with Crippen molar-refractivity contribution < 1.29 is 41.7 Å². The molecule has 27 nitrogen and oxygen atoms in total. The van der Waals surface area contributed by atoms with Crippen LogP contribution in [0.15, 0.2) is 159 Å². The molecule has 0 aliphatic carbocycles. The number of hydrogen-bond donors (Lipinski definition) is 4. The van der Waals surface area contributed by atoms with E-state index in [1.54, 1.807) is 92.0 Å². The van der Waals surface area contributed by atoms with Gasteiger partial charge in [0.15, 0.2) is 16.9 Å². The van der Waals surface area contributed by atoms with E-state index in [-0.39, 0.29) is 106 Å². The molecular formula is C71H71ClF3N21O6. The van der Waals surface area contributed by atoms with E-state index in [9.17, 15) is 9.59 Å². The predicted octanol–water partition coefficient (Wildman–Crippen LogP) is 12.5. The fourth-order valence-corrected chi connectivity index (χ4v) is 12.3. The second-order valence-corrected chi connectivity index (χ2v) is 25.0. The molecule has 3 saturated heterocycles. The Morgan fingerprint density at radius 3 is 1.23 bits per heavy atom. The number of para-hydroxylation sites is 3. The van der Waals surface area contributed by atoms with Crippen molar-refractivity contribution in [1.29, 1.82) is 0 Å². The van der Waals surface area contributed by atoms with Gasteiger partial charge in [-0.1, -0.05) is 61.2 Å². The molecule has 2 amide bonds. The van der Waals surface area contributed by atoms with Crippen LogP contribution in [0.4, 0.5) is 35.4 Å². The molecule has 0 radical (unpaired) electrons. The molecule has 102 heavy (non-hydrogen) atoms. The Morgan fingerprint density at radius 2 is 0.873 bits per heavy atom. The van der Waals surface area contributed by atoms with Gasteiger partial charge in [0, 0.05) is 50.9 Å². The minimum Gasteiger partial charge on any atom is -0.444 e. The van der Waals surface area contributed by atoms with Gasteiger partial charge in [-0.2, -0.15) is 43.4 Å². The number of anilines is 3. The van der Waals surface area contributed by atoms with E-state index in [0.29, 0.717) is 82.2 Å². The molecule has 3 atom stereocenters. The van der Waals surface area contributed by atoms with E-state index < -0.39 is 23.4 Å². The molecule has 12 aromatic rings. The summed E-state index contributed by atoms with van der Waals surface area (Å²) in [5, 5.41) is 18.9. The molecule has 12 heterocycles. The van der Waals surface area contributed by atoms with Crippen LogP contribution >= 0.6 is 12.4 Å². The van der Waals surface area contributed by atoms with Crippen molar-refractivity contribution in [2.75, 3.05) is 56.5 Å². The van der Waals surface area contributed by atoms with Gasteiger partial charge in [0.1, 0.15) is 76.4 Å². The topological polar surface area (TPSA) is 337 Å². The maximum Gasteiger partial charge on any atom is 0.410 e. The maximum absolute atomic E-state index is 15.3. The summed E-state index contributed by atoms with van der Waals surface area (Å²) < 4.78 is 73.2. The van der Waals surface area contributed by atoms with Crippen LogP contribution in [-0.4, -0.2) is 141 Å².